The van der Waals surface area contributed by atoms with Crippen molar-refractivity contribution in [2.75, 3.05) is 7.05 Å². The van der Waals surface area contributed by atoms with Crippen molar-refractivity contribution in [2.45, 2.75) is 32.7 Å². The Balaban J connectivity index is 3.80. The molecule has 0 aromatic carbocycles. The molecule has 0 aromatic heterocycles. The number of nitrogens with one attached hydrogen (secondary N) is 1. The van der Waals surface area contributed by atoms with Gasteiger partial charge in [0, 0.05) is 11.7 Å². The summed E-state index contributed by atoms with van der Waals surface area (Å²) in [6, 6.07) is 0.444. The van der Waals surface area contributed by atoms with Gasteiger partial charge in [-0.1, -0.05) is 13.8 Å². The second-order valence-electron chi connectivity index (χ2n) is 2.40. The Labute approximate surface area is 63.5 Å². The molecule has 0 saturated carbocycles. The van der Waals surface area contributed by atoms with Crippen LogP contribution in [0, 0.1) is 0 Å². The highest BCUT2D eigenvalue weighted by Gasteiger charge is 1.96. The van der Waals surface area contributed by atoms with Crippen molar-refractivity contribution in [1.29, 1.82) is 0 Å². The smallest absolute Gasteiger partial charge is 0.0263 e. The van der Waals surface area contributed by atoms with Crippen LogP contribution in [0.1, 0.15) is 26.7 Å². The first kappa shape index (κ1) is 9.50. The van der Waals surface area contributed by atoms with Gasteiger partial charge in [0.1, 0.15) is 0 Å². The van der Waals surface area contributed by atoms with Gasteiger partial charge in [0.05, 0.1) is 0 Å². The van der Waals surface area contributed by atoms with E-state index >= 15 is 0 Å². The minimum Gasteiger partial charge on any atom is -0.402 e. The molecular formula is C8H18N2. The first-order valence-corrected chi connectivity index (χ1v) is 3.88. The molecule has 0 rings (SSSR count). The molecule has 0 spiro atoms. The second kappa shape index (κ2) is 5.30. The molecule has 1 unspecified atom stereocenters. The van der Waals surface area contributed by atoms with Crippen molar-refractivity contribution in [3.05, 3.63) is 11.8 Å². The lowest BCUT2D eigenvalue weighted by Gasteiger charge is -2.08. The summed E-state index contributed by atoms with van der Waals surface area (Å²) in [4.78, 5) is 0. The van der Waals surface area contributed by atoms with E-state index in [1.54, 1.807) is 0 Å². The van der Waals surface area contributed by atoms with E-state index in [9.17, 15) is 0 Å². The zero-order chi connectivity index (χ0) is 7.98. The van der Waals surface area contributed by atoms with Crippen LogP contribution in [0.5, 0.6) is 0 Å². The van der Waals surface area contributed by atoms with Crippen LogP contribution < -0.4 is 11.1 Å². The van der Waals surface area contributed by atoms with Crippen molar-refractivity contribution < 1.29 is 0 Å². The van der Waals surface area contributed by atoms with Gasteiger partial charge < -0.3 is 11.1 Å². The minimum absolute atomic E-state index is 0.444. The Morgan fingerprint density at radius 3 is 2.50 bits per heavy atom. The molecule has 0 aromatic rings. The van der Waals surface area contributed by atoms with Gasteiger partial charge in [-0.25, -0.2) is 0 Å². The maximum atomic E-state index is 5.65. The van der Waals surface area contributed by atoms with Gasteiger partial charge in [0.25, 0.3) is 0 Å². The molecule has 2 nitrogen and oxygen atoms in total. The van der Waals surface area contributed by atoms with E-state index in [2.05, 4.69) is 25.2 Å². The number of likely N-dealkylation sites (N-methyl/N-ethyl adjacent to an activating group) is 1. The average Bonchev–Trinajstić information content (AvgIpc) is 1.99. The van der Waals surface area contributed by atoms with Crippen LogP contribution in [0.4, 0.5) is 0 Å². The number of rotatable bonds is 4. The maximum absolute atomic E-state index is 5.65. The largest absolute Gasteiger partial charge is 0.402 e. The van der Waals surface area contributed by atoms with Crippen LogP contribution in [-0.2, 0) is 0 Å². The fourth-order valence-electron chi connectivity index (χ4n) is 0.782. The number of allylic oxidation sites excluding steroid dienone is 1. The monoisotopic (exact) mass is 142 g/mol. The SMILES string of the molecule is CC/C(N)=C/C(CC)NC. The fourth-order valence-corrected chi connectivity index (χ4v) is 0.782. The van der Waals surface area contributed by atoms with Crippen LogP contribution in [0.25, 0.3) is 0 Å². The second-order valence-corrected chi connectivity index (χ2v) is 2.40. The van der Waals surface area contributed by atoms with Gasteiger partial charge in [-0.3, -0.25) is 0 Å². The average molecular weight is 142 g/mol. The van der Waals surface area contributed by atoms with Gasteiger partial charge in [-0.05, 0) is 26.0 Å². The molecule has 0 saturated heterocycles. The van der Waals surface area contributed by atoms with E-state index < -0.39 is 0 Å². The van der Waals surface area contributed by atoms with Crippen LogP contribution >= 0.6 is 0 Å². The highest BCUT2D eigenvalue weighted by molar-refractivity contribution is 5.01. The molecule has 0 amide bonds. The number of hydrogen-bond acceptors (Lipinski definition) is 2. The van der Waals surface area contributed by atoms with Crippen LogP contribution in [0.3, 0.4) is 0 Å². The summed E-state index contributed by atoms with van der Waals surface area (Å²) < 4.78 is 0. The normalized spacial score (nSPS) is 15.3. The lowest BCUT2D eigenvalue weighted by Crippen LogP contribution is -2.22. The van der Waals surface area contributed by atoms with Gasteiger partial charge in [-0.2, -0.15) is 0 Å². The molecule has 60 valence electrons. The predicted octanol–water partition coefficient (Wildman–Crippen LogP) is 1.24. The lowest BCUT2D eigenvalue weighted by atomic mass is 10.2. The molecule has 0 aliphatic heterocycles. The summed E-state index contributed by atoms with van der Waals surface area (Å²) in [7, 11) is 1.95. The molecule has 10 heavy (non-hydrogen) atoms. The Hall–Kier alpha value is -0.500. The molecule has 3 N–H and O–H groups in total. The van der Waals surface area contributed by atoms with E-state index in [0.29, 0.717) is 6.04 Å². The van der Waals surface area contributed by atoms with Crippen LogP contribution in [-0.4, -0.2) is 13.1 Å². The summed E-state index contributed by atoms with van der Waals surface area (Å²) in [5, 5.41) is 3.16. The third-order valence-corrected chi connectivity index (χ3v) is 1.63. The van der Waals surface area contributed by atoms with E-state index in [1.165, 1.54) is 0 Å². The highest BCUT2D eigenvalue weighted by Crippen LogP contribution is 1.97. The Morgan fingerprint density at radius 1 is 1.60 bits per heavy atom. The Kier molecular flexibility index (Phi) is 5.03. The zero-order valence-electron chi connectivity index (χ0n) is 7.15. The van der Waals surface area contributed by atoms with Crippen molar-refractivity contribution in [3.8, 4) is 0 Å². The summed E-state index contributed by atoms with van der Waals surface area (Å²) >= 11 is 0. The maximum Gasteiger partial charge on any atom is 0.0263 e. The molecule has 1 atom stereocenters. The van der Waals surface area contributed by atoms with E-state index in [4.69, 9.17) is 5.73 Å². The van der Waals surface area contributed by atoms with Gasteiger partial charge in [0.2, 0.25) is 0 Å². The van der Waals surface area contributed by atoms with Crippen LogP contribution in [0.15, 0.2) is 11.8 Å². The third kappa shape index (κ3) is 3.51. The van der Waals surface area contributed by atoms with Gasteiger partial charge in [0.15, 0.2) is 0 Å². The highest BCUT2D eigenvalue weighted by atomic mass is 14.9. The minimum atomic E-state index is 0.444. The van der Waals surface area contributed by atoms with Gasteiger partial charge in [-0.15, -0.1) is 0 Å². The Morgan fingerprint density at radius 2 is 2.20 bits per heavy atom. The summed E-state index contributed by atoms with van der Waals surface area (Å²) in [5.41, 5.74) is 6.62. The standard InChI is InChI=1S/C8H18N2/c1-4-7(9)6-8(5-2)10-3/h6,8,10H,4-5,9H2,1-3H3/b7-6-. The summed E-state index contributed by atoms with van der Waals surface area (Å²) in [5.74, 6) is 0. The van der Waals surface area contributed by atoms with E-state index in [-0.39, 0.29) is 0 Å². The first-order valence-electron chi connectivity index (χ1n) is 3.88. The van der Waals surface area contributed by atoms with Crippen molar-refractivity contribution >= 4 is 0 Å². The number of hydrogen-bond donors (Lipinski definition) is 2. The number of nitrogens with two attached hydrogens (primary N) is 1. The van der Waals surface area contributed by atoms with E-state index in [0.717, 1.165) is 18.5 Å². The lowest BCUT2D eigenvalue weighted by molar-refractivity contribution is 0.641. The molecule has 0 aliphatic carbocycles. The summed E-state index contributed by atoms with van der Waals surface area (Å²) in [6.45, 7) is 4.20. The van der Waals surface area contributed by atoms with Gasteiger partial charge >= 0.3 is 0 Å². The molecule has 0 radical (unpaired) electrons. The first-order chi connectivity index (χ1) is 4.74. The molecular weight excluding hydrogens is 124 g/mol. The molecule has 0 heterocycles. The molecule has 0 aliphatic rings. The molecule has 0 bridgehead atoms. The topological polar surface area (TPSA) is 38.0 Å². The zero-order valence-corrected chi connectivity index (χ0v) is 7.15. The van der Waals surface area contributed by atoms with Crippen molar-refractivity contribution in [3.63, 3.8) is 0 Å². The van der Waals surface area contributed by atoms with Crippen molar-refractivity contribution in [1.82, 2.24) is 5.32 Å². The predicted molar refractivity (Wildman–Crippen MR) is 45.7 cm³/mol. The third-order valence-electron chi connectivity index (χ3n) is 1.63. The molecule has 0 fully saturated rings. The van der Waals surface area contributed by atoms with E-state index in [1.807, 2.05) is 7.05 Å². The van der Waals surface area contributed by atoms with Crippen LogP contribution in [0.2, 0.25) is 0 Å². The molecule has 2 heteroatoms. The summed E-state index contributed by atoms with van der Waals surface area (Å²) in [6.07, 6.45) is 4.12. The Bertz CT molecular complexity index is 104. The quantitative estimate of drug-likeness (QED) is 0.619. The van der Waals surface area contributed by atoms with Crippen molar-refractivity contribution in [2.24, 2.45) is 5.73 Å². The fraction of sp³-hybridized carbons (Fsp3) is 0.750.